The van der Waals surface area contributed by atoms with Crippen LogP contribution < -0.4 is 4.74 Å². The summed E-state index contributed by atoms with van der Waals surface area (Å²) in [5, 5.41) is 4.91. The topological polar surface area (TPSA) is 39.5 Å². The number of morpholine rings is 1. The van der Waals surface area contributed by atoms with Gasteiger partial charge in [0, 0.05) is 31.5 Å². The molecule has 0 amide bonds. The molecule has 3 rings (SSSR count). The fourth-order valence-corrected chi connectivity index (χ4v) is 3.24. The molecule has 23 heavy (non-hydrogen) atoms. The van der Waals surface area contributed by atoms with Gasteiger partial charge in [0.15, 0.2) is 0 Å². The van der Waals surface area contributed by atoms with Gasteiger partial charge in [0.1, 0.15) is 5.75 Å². The third kappa shape index (κ3) is 3.86. The number of rotatable bonds is 5. The number of benzene rings is 1. The zero-order chi connectivity index (χ0) is 16.2. The van der Waals surface area contributed by atoms with Crippen LogP contribution in [0.25, 0.3) is 0 Å². The highest BCUT2D eigenvalue weighted by Gasteiger charge is 2.25. The van der Waals surface area contributed by atoms with E-state index < -0.39 is 0 Å². The van der Waals surface area contributed by atoms with Gasteiger partial charge in [-0.3, -0.25) is 9.58 Å². The molecule has 1 saturated heterocycles. The maximum absolute atomic E-state index is 6.26. The van der Waals surface area contributed by atoms with Crippen LogP contribution in [0.5, 0.6) is 5.75 Å². The van der Waals surface area contributed by atoms with Crippen LogP contribution in [-0.2, 0) is 11.3 Å². The Morgan fingerprint density at radius 1 is 1.48 bits per heavy atom. The molecule has 1 aliphatic heterocycles. The zero-order valence-electron chi connectivity index (χ0n) is 13.5. The number of halogens is 1. The highest BCUT2D eigenvalue weighted by atomic mass is 35.5. The van der Waals surface area contributed by atoms with E-state index in [0.29, 0.717) is 10.8 Å². The van der Waals surface area contributed by atoms with Crippen molar-refractivity contribution in [3.05, 3.63) is 47.2 Å². The van der Waals surface area contributed by atoms with Crippen LogP contribution in [-0.4, -0.2) is 47.6 Å². The zero-order valence-corrected chi connectivity index (χ0v) is 14.2. The minimum Gasteiger partial charge on any atom is -0.495 e. The summed E-state index contributed by atoms with van der Waals surface area (Å²) in [5.74, 6) is 0.709. The second-order valence-corrected chi connectivity index (χ2v) is 6.19. The fraction of sp³-hybridized carbons (Fsp3) is 0.471. The molecule has 1 aromatic carbocycles. The molecule has 124 valence electrons. The molecule has 0 unspecified atom stereocenters. The Hall–Kier alpha value is -1.56. The van der Waals surface area contributed by atoms with Gasteiger partial charge in [-0.25, -0.2) is 0 Å². The average Bonchev–Trinajstić information content (AvgIpc) is 3.07. The molecular formula is C17H22ClN3O2. The van der Waals surface area contributed by atoms with Crippen LogP contribution in [0, 0.1) is 0 Å². The normalized spacial score (nSPS) is 20.4. The molecule has 1 fully saturated rings. The molecule has 2 heterocycles. The lowest BCUT2D eigenvalue weighted by Crippen LogP contribution is -2.45. The van der Waals surface area contributed by atoms with E-state index in [0.717, 1.165) is 26.2 Å². The van der Waals surface area contributed by atoms with Crippen molar-refractivity contribution in [2.75, 3.05) is 26.8 Å². The van der Waals surface area contributed by atoms with Crippen molar-refractivity contribution < 1.29 is 9.47 Å². The van der Waals surface area contributed by atoms with E-state index in [4.69, 9.17) is 21.1 Å². The van der Waals surface area contributed by atoms with Crippen molar-refractivity contribution in [3.8, 4) is 5.75 Å². The van der Waals surface area contributed by atoms with Crippen molar-refractivity contribution >= 4 is 11.6 Å². The number of ether oxygens (including phenoxy) is 2. The summed E-state index contributed by atoms with van der Waals surface area (Å²) in [7, 11) is 1.63. The summed E-state index contributed by atoms with van der Waals surface area (Å²) in [4.78, 5) is 2.43. The maximum atomic E-state index is 6.26. The highest BCUT2D eigenvalue weighted by Crippen LogP contribution is 2.30. The minimum atomic E-state index is 0.153. The first-order valence-corrected chi connectivity index (χ1v) is 8.21. The second kappa shape index (κ2) is 7.34. The fourth-order valence-electron chi connectivity index (χ4n) is 2.97. The Balaban J connectivity index is 1.66. The number of nitrogens with zero attached hydrogens (tertiary/aromatic N) is 3. The van der Waals surface area contributed by atoms with Crippen molar-refractivity contribution in [3.63, 3.8) is 0 Å². The summed E-state index contributed by atoms with van der Waals surface area (Å²) in [6, 6.07) is 8.21. The van der Waals surface area contributed by atoms with Gasteiger partial charge in [-0.05, 0) is 30.7 Å². The summed E-state index contributed by atoms with van der Waals surface area (Å²) >= 11 is 6.26. The average molecular weight is 336 g/mol. The molecule has 2 aromatic rings. The largest absolute Gasteiger partial charge is 0.495 e. The van der Waals surface area contributed by atoms with Crippen molar-refractivity contribution in [2.45, 2.75) is 25.6 Å². The monoisotopic (exact) mass is 335 g/mol. The van der Waals surface area contributed by atoms with Gasteiger partial charge in [-0.15, -0.1) is 0 Å². The molecule has 2 atom stereocenters. The van der Waals surface area contributed by atoms with E-state index in [1.807, 2.05) is 29.1 Å². The maximum Gasteiger partial charge on any atom is 0.137 e. The summed E-state index contributed by atoms with van der Waals surface area (Å²) < 4.78 is 13.0. The van der Waals surface area contributed by atoms with E-state index in [1.54, 1.807) is 13.3 Å². The number of aromatic nitrogens is 2. The van der Waals surface area contributed by atoms with E-state index in [1.165, 1.54) is 5.56 Å². The van der Waals surface area contributed by atoms with E-state index in [2.05, 4.69) is 23.0 Å². The van der Waals surface area contributed by atoms with Crippen molar-refractivity contribution in [1.82, 2.24) is 14.7 Å². The Labute approximate surface area is 141 Å². The summed E-state index contributed by atoms with van der Waals surface area (Å²) in [6.45, 7) is 5.51. The molecule has 6 heteroatoms. The summed E-state index contributed by atoms with van der Waals surface area (Å²) in [6.07, 6.45) is 3.91. The number of hydrogen-bond donors (Lipinski definition) is 0. The highest BCUT2D eigenvalue weighted by molar-refractivity contribution is 6.32. The predicted molar refractivity (Wildman–Crippen MR) is 90.0 cm³/mol. The van der Waals surface area contributed by atoms with Gasteiger partial charge in [-0.1, -0.05) is 17.7 Å². The first-order valence-electron chi connectivity index (χ1n) is 7.84. The Morgan fingerprint density at radius 2 is 2.35 bits per heavy atom. The molecule has 0 aliphatic carbocycles. The Kier molecular flexibility index (Phi) is 5.20. The quantitative estimate of drug-likeness (QED) is 0.842. The van der Waals surface area contributed by atoms with Gasteiger partial charge in [0.25, 0.3) is 0 Å². The van der Waals surface area contributed by atoms with Crippen LogP contribution in [0.4, 0.5) is 0 Å². The molecule has 1 aromatic heterocycles. The van der Waals surface area contributed by atoms with Gasteiger partial charge in [-0.2, -0.15) is 5.10 Å². The van der Waals surface area contributed by atoms with Crippen molar-refractivity contribution in [2.24, 2.45) is 0 Å². The molecule has 0 saturated carbocycles. The van der Waals surface area contributed by atoms with Crippen LogP contribution in [0.15, 0.2) is 36.7 Å². The lowest BCUT2D eigenvalue weighted by atomic mass is 10.1. The van der Waals surface area contributed by atoms with Crippen LogP contribution >= 0.6 is 11.6 Å². The van der Waals surface area contributed by atoms with E-state index in [-0.39, 0.29) is 12.1 Å². The SMILES string of the molecule is COc1ccc([C@@H](C)N2CCO[C@H](Cn3cccn3)C2)cc1Cl. The van der Waals surface area contributed by atoms with Gasteiger partial charge >= 0.3 is 0 Å². The minimum absolute atomic E-state index is 0.153. The van der Waals surface area contributed by atoms with E-state index in [9.17, 15) is 0 Å². The first kappa shape index (κ1) is 16.3. The first-order chi connectivity index (χ1) is 11.2. The molecule has 1 aliphatic rings. The van der Waals surface area contributed by atoms with Gasteiger partial charge in [0.2, 0.25) is 0 Å². The predicted octanol–water partition coefficient (Wildman–Crippen LogP) is 3.01. The Bertz CT molecular complexity index is 633. The summed E-state index contributed by atoms with van der Waals surface area (Å²) in [5.41, 5.74) is 1.19. The number of methoxy groups -OCH3 is 1. The number of hydrogen-bond acceptors (Lipinski definition) is 4. The lowest BCUT2D eigenvalue weighted by molar-refractivity contribution is -0.0497. The van der Waals surface area contributed by atoms with Gasteiger partial charge in [0.05, 0.1) is 31.4 Å². The van der Waals surface area contributed by atoms with Crippen LogP contribution in [0.3, 0.4) is 0 Å². The molecule has 0 spiro atoms. The van der Waals surface area contributed by atoms with Crippen molar-refractivity contribution in [1.29, 1.82) is 0 Å². The third-order valence-electron chi connectivity index (χ3n) is 4.33. The smallest absolute Gasteiger partial charge is 0.137 e. The molecular weight excluding hydrogens is 314 g/mol. The molecule has 0 radical (unpaired) electrons. The molecule has 0 bridgehead atoms. The lowest BCUT2D eigenvalue weighted by Gasteiger charge is -2.37. The molecule has 5 nitrogen and oxygen atoms in total. The van der Waals surface area contributed by atoms with Crippen LogP contribution in [0.1, 0.15) is 18.5 Å². The third-order valence-corrected chi connectivity index (χ3v) is 4.62. The van der Waals surface area contributed by atoms with E-state index >= 15 is 0 Å². The standard InChI is InChI=1S/C17H22ClN3O2/c1-13(14-4-5-17(22-2)16(18)10-14)20-8-9-23-15(11-20)12-21-7-3-6-19-21/h3-7,10,13,15H,8-9,11-12H2,1-2H3/t13-,15+/m1/s1. The molecule has 0 N–H and O–H groups in total. The Morgan fingerprint density at radius 3 is 3.04 bits per heavy atom. The second-order valence-electron chi connectivity index (χ2n) is 5.79. The van der Waals surface area contributed by atoms with Crippen LogP contribution in [0.2, 0.25) is 5.02 Å². The van der Waals surface area contributed by atoms with Gasteiger partial charge < -0.3 is 9.47 Å².